The Morgan fingerprint density at radius 3 is 2.50 bits per heavy atom. The van der Waals surface area contributed by atoms with Crippen molar-refractivity contribution < 1.29 is 8.42 Å². The number of fused-ring (bicyclic) bond motifs is 1. The first-order valence-corrected chi connectivity index (χ1v) is 10.8. The number of nitrogens with zero attached hydrogens (tertiary/aromatic N) is 2. The van der Waals surface area contributed by atoms with Crippen molar-refractivity contribution in [3.05, 3.63) is 87.6 Å². The molecule has 1 aliphatic rings. The predicted molar refractivity (Wildman–Crippen MR) is 106 cm³/mol. The molecule has 26 heavy (non-hydrogen) atoms. The molecule has 0 bridgehead atoms. The van der Waals surface area contributed by atoms with E-state index in [1.54, 1.807) is 22.5 Å². The number of benzene rings is 2. The van der Waals surface area contributed by atoms with E-state index in [0.717, 1.165) is 15.7 Å². The van der Waals surface area contributed by atoms with Crippen LogP contribution < -0.4 is 0 Å². The van der Waals surface area contributed by atoms with Gasteiger partial charge in [0.05, 0.1) is 10.9 Å². The normalized spacial score (nSPS) is 17.8. The highest BCUT2D eigenvalue weighted by Gasteiger charge is 2.37. The summed E-state index contributed by atoms with van der Waals surface area (Å²) in [6.45, 7) is 1.02. The summed E-state index contributed by atoms with van der Waals surface area (Å²) < 4.78 is 31.4. The van der Waals surface area contributed by atoms with Gasteiger partial charge < -0.3 is 4.57 Å². The number of aromatic nitrogens is 1. The molecule has 0 spiro atoms. The lowest BCUT2D eigenvalue weighted by Crippen LogP contribution is -2.42. The van der Waals surface area contributed by atoms with Gasteiger partial charge in [0.2, 0.25) is 10.0 Å². The van der Waals surface area contributed by atoms with Crippen LogP contribution in [0.2, 0.25) is 5.02 Å². The summed E-state index contributed by atoms with van der Waals surface area (Å²) in [5, 5.41) is 0.409. The van der Waals surface area contributed by atoms with Crippen LogP contribution in [-0.2, 0) is 16.6 Å². The van der Waals surface area contributed by atoms with Gasteiger partial charge in [0.15, 0.2) is 0 Å². The zero-order valence-corrected chi connectivity index (χ0v) is 16.9. The Kier molecular flexibility index (Phi) is 4.69. The first-order valence-electron chi connectivity index (χ1n) is 8.15. The van der Waals surface area contributed by atoms with Gasteiger partial charge in [-0.15, -0.1) is 0 Å². The molecule has 134 valence electrons. The van der Waals surface area contributed by atoms with E-state index < -0.39 is 10.0 Å². The smallest absolute Gasteiger partial charge is 0.244 e. The molecule has 1 aromatic heterocycles. The largest absolute Gasteiger partial charge is 0.348 e. The second-order valence-electron chi connectivity index (χ2n) is 6.15. The molecular weight excluding hydrogens is 436 g/mol. The molecule has 0 unspecified atom stereocenters. The fourth-order valence-corrected chi connectivity index (χ4v) is 5.51. The quantitative estimate of drug-likeness (QED) is 0.579. The number of hydrogen-bond donors (Lipinski definition) is 0. The minimum absolute atomic E-state index is 0.215. The lowest BCUT2D eigenvalue weighted by atomic mass is 10.0. The molecule has 0 amide bonds. The average Bonchev–Trinajstić information content (AvgIpc) is 3.10. The van der Waals surface area contributed by atoms with Crippen molar-refractivity contribution in [1.82, 2.24) is 8.87 Å². The number of hydrogen-bond acceptors (Lipinski definition) is 2. The van der Waals surface area contributed by atoms with E-state index in [2.05, 4.69) is 20.5 Å². The van der Waals surface area contributed by atoms with Gasteiger partial charge in [-0.25, -0.2) is 8.42 Å². The third-order valence-corrected chi connectivity index (χ3v) is 7.21. The second-order valence-corrected chi connectivity index (χ2v) is 9.40. The van der Waals surface area contributed by atoms with Crippen molar-refractivity contribution in [3.63, 3.8) is 0 Å². The minimum Gasteiger partial charge on any atom is -0.348 e. The zero-order valence-electron chi connectivity index (χ0n) is 13.7. The summed E-state index contributed by atoms with van der Waals surface area (Å²) in [6, 6.07) is 17.8. The van der Waals surface area contributed by atoms with Crippen molar-refractivity contribution in [2.75, 3.05) is 6.54 Å². The van der Waals surface area contributed by atoms with E-state index >= 15 is 0 Å². The highest BCUT2D eigenvalue weighted by atomic mass is 79.9. The van der Waals surface area contributed by atoms with Crippen LogP contribution in [0.1, 0.15) is 17.3 Å². The van der Waals surface area contributed by atoms with Gasteiger partial charge in [0.25, 0.3) is 0 Å². The Hall–Kier alpha value is -1.60. The van der Waals surface area contributed by atoms with Crippen LogP contribution in [-0.4, -0.2) is 23.8 Å². The summed E-state index contributed by atoms with van der Waals surface area (Å²) in [5.41, 5.74) is 1.89. The molecule has 2 heterocycles. The van der Waals surface area contributed by atoms with Gasteiger partial charge in [-0.1, -0.05) is 45.7 Å². The number of sulfonamides is 1. The van der Waals surface area contributed by atoms with E-state index in [9.17, 15) is 8.42 Å². The molecule has 3 aromatic rings. The van der Waals surface area contributed by atoms with Crippen molar-refractivity contribution in [1.29, 1.82) is 0 Å². The summed E-state index contributed by atoms with van der Waals surface area (Å²) in [6.07, 6.45) is 1.99. The van der Waals surface area contributed by atoms with E-state index in [1.807, 2.05) is 42.6 Å². The number of halogens is 2. The molecular formula is C19H16BrClN2O2S. The fourth-order valence-electron chi connectivity index (χ4n) is 3.37. The fraction of sp³-hybridized carbons (Fsp3) is 0.158. The van der Waals surface area contributed by atoms with Crippen LogP contribution in [0, 0.1) is 0 Å². The minimum atomic E-state index is -3.69. The molecule has 1 atom stereocenters. The SMILES string of the molecule is O=S(=O)(c1cccc(Cl)c1)N1CCn2cccc2[C@@H]1c1ccc(Br)cc1. The zero-order chi connectivity index (χ0) is 18.3. The lowest BCUT2D eigenvalue weighted by molar-refractivity contribution is 0.298. The van der Waals surface area contributed by atoms with Crippen LogP contribution >= 0.6 is 27.5 Å². The molecule has 2 aromatic carbocycles. The lowest BCUT2D eigenvalue weighted by Gasteiger charge is -2.36. The molecule has 0 aliphatic carbocycles. The van der Waals surface area contributed by atoms with Crippen LogP contribution in [0.4, 0.5) is 0 Å². The Bertz CT molecular complexity index is 1050. The number of rotatable bonds is 3. The summed E-state index contributed by atoms with van der Waals surface area (Å²) in [7, 11) is -3.69. The standard InChI is InChI=1S/C19H16BrClN2O2S/c20-15-8-6-14(7-9-15)19-18-5-2-10-22(18)11-12-23(19)26(24,25)17-4-1-3-16(21)13-17/h1-10,13,19H,11-12H2/t19-/m0/s1. The second kappa shape index (κ2) is 6.85. The monoisotopic (exact) mass is 450 g/mol. The van der Waals surface area contributed by atoms with Gasteiger partial charge in [-0.2, -0.15) is 4.31 Å². The maximum Gasteiger partial charge on any atom is 0.244 e. The summed E-state index contributed by atoms with van der Waals surface area (Å²) in [4.78, 5) is 0.215. The van der Waals surface area contributed by atoms with E-state index in [1.165, 1.54) is 6.07 Å². The van der Waals surface area contributed by atoms with Gasteiger partial charge in [-0.3, -0.25) is 0 Å². The summed E-state index contributed by atoms with van der Waals surface area (Å²) >= 11 is 9.47. The average molecular weight is 452 g/mol. The van der Waals surface area contributed by atoms with E-state index in [0.29, 0.717) is 18.1 Å². The van der Waals surface area contributed by atoms with Gasteiger partial charge in [0.1, 0.15) is 0 Å². The molecule has 0 fully saturated rings. The van der Waals surface area contributed by atoms with Gasteiger partial charge in [-0.05, 0) is 48.0 Å². The Balaban J connectivity index is 1.85. The molecule has 0 saturated heterocycles. The Morgan fingerprint density at radius 2 is 1.77 bits per heavy atom. The van der Waals surface area contributed by atoms with Crippen molar-refractivity contribution >= 4 is 37.6 Å². The first-order chi connectivity index (χ1) is 12.5. The van der Waals surface area contributed by atoms with Crippen LogP contribution in [0.15, 0.2) is 76.2 Å². The third kappa shape index (κ3) is 3.11. The Labute approximate surface area is 166 Å². The van der Waals surface area contributed by atoms with Gasteiger partial charge in [0, 0.05) is 34.5 Å². The topological polar surface area (TPSA) is 42.3 Å². The molecule has 0 saturated carbocycles. The highest BCUT2D eigenvalue weighted by molar-refractivity contribution is 9.10. The van der Waals surface area contributed by atoms with Crippen molar-refractivity contribution in [2.45, 2.75) is 17.5 Å². The van der Waals surface area contributed by atoms with Gasteiger partial charge >= 0.3 is 0 Å². The summed E-state index contributed by atoms with van der Waals surface area (Å²) in [5.74, 6) is 0. The maximum absolute atomic E-state index is 13.4. The van der Waals surface area contributed by atoms with E-state index in [4.69, 9.17) is 11.6 Å². The first kappa shape index (κ1) is 17.8. The van der Waals surface area contributed by atoms with Crippen molar-refractivity contribution in [2.24, 2.45) is 0 Å². The molecule has 0 N–H and O–H groups in total. The Morgan fingerprint density at radius 1 is 1.00 bits per heavy atom. The molecule has 7 heteroatoms. The molecule has 4 nitrogen and oxygen atoms in total. The molecule has 1 aliphatic heterocycles. The maximum atomic E-state index is 13.4. The highest BCUT2D eigenvalue weighted by Crippen LogP contribution is 2.37. The predicted octanol–water partition coefficient (Wildman–Crippen LogP) is 4.70. The van der Waals surface area contributed by atoms with Crippen LogP contribution in [0.25, 0.3) is 0 Å². The van der Waals surface area contributed by atoms with E-state index in [-0.39, 0.29) is 10.9 Å². The molecule has 0 radical (unpaired) electrons. The van der Waals surface area contributed by atoms with Crippen molar-refractivity contribution in [3.8, 4) is 0 Å². The van der Waals surface area contributed by atoms with Crippen LogP contribution in [0.3, 0.4) is 0 Å². The van der Waals surface area contributed by atoms with Crippen LogP contribution in [0.5, 0.6) is 0 Å². The molecule has 4 rings (SSSR count). The third-order valence-electron chi connectivity index (χ3n) is 4.58.